The van der Waals surface area contributed by atoms with Crippen LogP contribution in [0.5, 0.6) is 11.5 Å². The van der Waals surface area contributed by atoms with Crippen molar-refractivity contribution in [2.75, 3.05) is 5.75 Å². The predicted octanol–water partition coefficient (Wildman–Crippen LogP) is 8.38. The lowest BCUT2D eigenvalue weighted by molar-refractivity contribution is 0.311. The van der Waals surface area contributed by atoms with E-state index >= 15 is 0 Å². The van der Waals surface area contributed by atoms with Gasteiger partial charge in [0.1, 0.15) is 17.8 Å². The van der Waals surface area contributed by atoms with Crippen molar-refractivity contribution in [3.05, 3.63) is 83.9 Å². The second kappa shape index (κ2) is 12.1. The van der Waals surface area contributed by atoms with Crippen LogP contribution in [0.3, 0.4) is 0 Å². The smallest absolute Gasteiger partial charge is 0.250 e. The van der Waals surface area contributed by atoms with Crippen LogP contribution in [0.15, 0.2) is 83.9 Å². The van der Waals surface area contributed by atoms with Gasteiger partial charge >= 0.3 is 0 Å². The Bertz CT molecular complexity index is 840. The molecule has 0 N–H and O–H groups in total. The first-order valence-electron chi connectivity index (χ1n) is 10.9. The first kappa shape index (κ1) is 25.2. The molecule has 0 spiro atoms. The zero-order chi connectivity index (χ0) is 22.7. The number of para-hydroxylation sites is 2. The van der Waals surface area contributed by atoms with Gasteiger partial charge < -0.3 is 13.9 Å². The summed E-state index contributed by atoms with van der Waals surface area (Å²) in [6.45, 7) is 13.3. The van der Waals surface area contributed by atoms with Gasteiger partial charge in [0.25, 0.3) is 8.32 Å². The van der Waals surface area contributed by atoms with E-state index in [0.29, 0.717) is 11.5 Å². The molecule has 0 aromatic heterocycles. The number of hydrogen-bond donors (Lipinski definition) is 0. The van der Waals surface area contributed by atoms with Crippen LogP contribution in [0.4, 0.5) is 0 Å². The Hall–Kier alpha value is -2.11. The van der Waals surface area contributed by atoms with E-state index in [1.54, 1.807) is 18.0 Å². The Labute approximate surface area is 193 Å². The van der Waals surface area contributed by atoms with E-state index in [9.17, 15) is 0 Å². The Balaban J connectivity index is 2.39. The highest BCUT2D eigenvalue weighted by Gasteiger charge is 2.40. The lowest BCUT2D eigenvalue weighted by Gasteiger charge is -2.37. The Morgan fingerprint density at radius 1 is 0.903 bits per heavy atom. The second-order valence-corrected chi connectivity index (χ2v) is 14.6. The van der Waals surface area contributed by atoms with Crippen LogP contribution >= 0.6 is 11.8 Å². The van der Waals surface area contributed by atoms with E-state index in [0.717, 1.165) is 30.1 Å². The number of hydrogen-bond acceptors (Lipinski definition) is 4. The average molecular weight is 457 g/mol. The summed E-state index contributed by atoms with van der Waals surface area (Å²) in [7, 11) is -2.12. The third kappa shape index (κ3) is 8.50. The maximum Gasteiger partial charge on any atom is 0.250 e. The average Bonchev–Trinajstić information content (AvgIpc) is 2.74. The largest absolute Gasteiger partial charge is 0.539 e. The van der Waals surface area contributed by atoms with Crippen LogP contribution in [0.2, 0.25) is 18.1 Å². The maximum absolute atomic E-state index is 6.68. The minimum atomic E-state index is -2.12. The van der Waals surface area contributed by atoms with Crippen molar-refractivity contribution < 1.29 is 13.9 Å². The standard InChI is InChI=1S/C26H36O3SSi/c1-7-8-19-30-21-25(28-23-17-13-10-14-18-23)24(29-31(5,6)26(2,3)4)20-27-22-15-11-9-12-16-22/h9-18,20-21H,7-8,19H2,1-6H3/b24-20-,25-21-. The fourth-order valence-corrected chi connectivity index (χ4v) is 4.18. The number of rotatable bonds is 11. The second-order valence-electron chi connectivity index (χ2n) is 8.90. The zero-order valence-corrected chi connectivity index (χ0v) is 21.5. The molecular weight excluding hydrogens is 420 g/mol. The molecule has 0 aliphatic heterocycles. The molecule has 2 aromatic rings. The molecule has 2 aromatic carbocycles. The maximum atomic E-state index is 6.68. The fraction of sp³-hybridized carbons (Fsp3) is 0.385. The molecule has 0 radical (unpaired) electrons. The van der Waals surface area contributed by atoms with Gasteiger partial charge in [0.15, 0.2) is 11.5 Å². The molecule has 0 aliphatic carbocycles. The first-order valence-corrected chi connectivity index (χ1v) is 14.8. The molecule has 0 heterocycles. The van der Waals surface area contributed by atoms with E-state index in [1.807, 2.05) is 60.7 Å². The Morgan fingerprint density at radius 2 is 1.48 bits per heavy atom. The first-order chi connectivity index (χ1) is 14.7. The van der Waals surface area contributed by atoms with Crippen LogP contribution in [0.1, 0.15) is 40.5 Å². The van der Waals surface area contributed by atoms with Gasteiger partial charge in [-0.3, -0.25) is 0 Å². The summed E-state index contributed by atoms with van der Waals surface area (Å²) in [5, 5.41) is 2.10. The monoisotopic (exact) mass is 456 g/mol. The Morgan fingerprint density at radius 3 is 2.03 bits per heavy atom. The van der Waals surface area contributed by atoms with E-state index in [-0.39, 0.29) is 5.04 Å². The summed E-state index contributed by atoms with van der Waals surface area (Å²) in [6.07, 6.45) is 4.00. The third-order valence-electron chi connectivity index (χ3n) is 5.24. The number of ether oxygens (including phenoxy) is 2. The molecule has 0 atom stereocenters. The molecule has 0 amide bonds. The molecule has 168 valence electrons. The summed E-state index contributed by atoms with van der Waals surface area (Å²) in [6, 6.07) is 19.6. The highest BCUT2D eigenvalue weighted by atomic mass is 32.2. The summed E-state index contributed by atoms with van der Waals surface area (Å²) in [5.41, 5.74) is 0. The fourth-order valence-electron chi connectivity index (χ4n) is 2.29. The van der Waals surface area contributed by atoms with E-state index in [4.69, 9.17) is 13.9 Å². The van der Waals surface area contributed by atoms with Gasteiger partial charge in [-0.15, -0.1) is 11.8 Å². The van der Waals surface area contributed by atoms with Crippen molar-refractivity contribution in [1.29, 1.82) is 0 Å². The van der Waals surface area contributed by atoms with Gasteiger partial charge in [-0.05, 0) is 54.6 Å². The number of thioether (sulfide) groups is 1. The van der Waals surface area contributed by atoms with Gasteiger partial charge in [-0.25, -0.2) is 0 Å². The molecule has 0 unspecified atom stereocenters. The molecule has 0 fully saturated rings. The summed E-state index contributed by atoms with van der Waals surface area (Å²) >= 11 is 1.74. The van der Waals surface area contributed by atoms with Gasteiger partial charge in [-0.1, -0.05) is 70.5 Å². The lowest BCUT2D eigenvalue weighted by atomic mass is 10.2. The van der Waals surface area contributed by atoms with Crippen LogP contribution in [0.25, 0.3) is 0 Å². The van der Waals surface area contributed by atoms with Gasteiger partial charge in [0, 0.05) is 5.41 Å². The van der Waals surface area contributed by atoms with Crippen molar-refractivity contribution in [2.24, 2.45) is 0 Å². The molecule has 31 heavy (non-hydrogen) atoms. The molecule has 0 saturated carbocycles. The van der Waals surface area contributed by atoms with Crippen LogP contribution < -0.4 is 9.47 Å². The molecule has 0 aliphatic rings. The SMILES string of the molecule is CCCCS/C=C(Oc1ccccc1)/C(=C/Oc1ccccc1)O[Si](C)(C)C(C)(C)C. The van der Waals surface area contributed by atoms with Crippen LogP contribution in [-0.4, -0.2) is 14.1 Å². The van der Waals surface area contributed by atoms with Gasteiger partial charge in [0.05, 0.1) is 0 Å². The van der Waals surface area contributed by atoms with E-state index in [1.165, 1.54) is 0 Å². The predicted molar refractivity (Wildman–Crippen MR) is 136 cm³/mol. The molecule has 0 bridgehead atoms. The van der Waals surface area contributed by atoms with Gasteiger partial charge in [-0.2, -0.15) is 0 Å². The number of benzene rings is 2. The summed E-state index contributed by atoms with van der Waals surface area (Å²) < 4.78 is 19.0. The van der Waals surface area contributed by atoms with Crippen molar-refractivity contribution >= 4 is 20.1 Å². The van der Waals surface area contributed by atoms with E-state index in [2.05, 4.69) is 46.2 Å². The summed E-state index contributed by atoms with van der Waals surface area (Å²) in [4.78, 5) is 0. The normalized spacial score (nSPS) is 13.1. The lowest BCUT2D eigenvalue weighted by Crippen LogP contribution is -2.41. The zero-order valence-electron chi connectivity index (χ0n) is 19.7. The van der Waals surface area contributed by atoms with Crippen LogP contribution in [-0.2, 0) is 4.43 Å². The van der Waals surface area contributed by atoms with Crippen molar-refractivity contribution in [3.63, 3.8) is 0 Å². The van der Waals surface area contributed by atoms with Crippen molar-refractivity contribution in [1.82, 2.24) is 0 Å². The molecule has 3 nitrogen and oxygen atoms in total. The van der Waals surface area contributed by atoms with Crippen molar-refractivity contribution in [3.8, 4) is 11.5 Å². The van der Waals surface area contributed by atoms with Crippen molar-refractivity contribution in [2.45, 2.75) is 58.7 Å². The minimum absolute atomic E-state index is 0.0477. The molecule has 2 rings (SSSR count). The summed E-state index contributed by atoms with van der Waals surface area (Å²) in [5.74, 6) is 3.87. The van der Waals surface area contributed by atoms with E-state index < -0.39 is 8.32 Å². The minimum Gasteiger partial charge on any atom is -0.539 e. The topological polar surface area (TPSA) is 27.7 Å². The molecule has 0 saturated heterocycles. The number of unbranched alkanes of at least 4 members (excludes halogenated alkanes) is 1. The highest BCUT2D eigenvalue weighted by Crippen LogP contribution is 2.39. The van der Waals surface area contributed by atoms with Gasteiger partial charge in [0.2, 0.25) is 0 Å². The molecule has 5 heteroatoms. The molecular formula is C26H36O3SSi. The quantitative estimate of drug-likeness (QED) is 0.147. The third-order valence-corrected chi connectivity index (χ3v) is 10.5. The highest BCUT2D eigenvalue weighted by molar-refractivity contribution is 8.02. The Kier molecular flexibility index (Phi) is 9.78. The van der Waals surface area contributed by atoms with Crippen LogP contribution in [0, 0.1) is 0 Å².